The average Bonchev–Trinajstić information content (AvgIpc) is 3.19. The van der Waals surface area contributed by atoms with Crippen LogP contribution in [0, 0.1) is 0 Å². The molecule has 0 saturated carbocycles. The molecule has 9 heteroatoms. The van der Waals surface area contributed by atoms with Crippen molar-refractivity contribution in [2.45, 2.75) is 19.3 Å². The van der Waals surface area contributed by atoms with Crippen LogP contribution in [0.1, 0.15) is 24.2 Å². The fraction of sp³-hybridized carbons (Fsp3) is 0.267. The van der Waals surface area contributed by atoms with Crippen LogP contribution in [-0.2, 0) is 11.2 Å². The first-order chi connectivity index (χ1) is 11.7. The van der Waals surface area contributed by atoms with E-state index in [1.54, 1.807) is 0 Å². The quantitative estimate of drug-likeness (QED) is 0.443. The molecule has 124 valence electrons. The zero-order valence-corrected chi connectivity index (χ0v) is 14.3. The topological polar surface area (TPSA) is 92.8 Å². The van der Waals surface area contributed by atoms with Gasteiger partial charge in [-0.2, -0.15) is 0 Å². The van der Waals surface area contributed by atoms with Gasteiger partial charge in [-0.3, -0.25) is 4.79 Å². The Bertz CT molecular complexity index is 744. The first kappa shape index (κ1) is 16.6. The summed E-state index contributed by atoms with van der Waals surface area (Å²) in [6.07, 6.45) is 4.49. The molecule has 1 aliphatic rings. The molecule has 0 aliphatic carbocycles. The zero-order chi connectivity index (χ0) is 16.8. The maximum absolute atomic E-state index is 11.6. The highest BCUT2D eigenvalue weighted by Gasteiger charge is 2.21. The van der Waals surface area contributed by atoms with E-state index in [4.69, 9.17) is 17.0 Å². The molecular formula is C15H15N5O2S2. The predicted octanol–water partition coefficient (Wildman–Crippen LogP) is 2.09. The SMILES string of the molecule is O=C1NC(=S)S/C1=C/c1ccc(OCCCCc2nnn[nH]2)cc1. The van der Waals surface area contributed by atoms with Gasteiger partial charge in [0.25, 0.3) is 5.91 Å². The predicted molar refractivity (Wildman–Crippen MR) is 95.4 cm³/mol. The molecule has 1 aromatic heterocycles. The number of hydrogen-bond donors (Lipinski definition) is 2. The second kappa shape index (κ2) is 8.02. The molecule has 2 aromatic rings. The fourth-order valence-electron chi connectivity index (χ4n) is 2.10. The number of carbonyl (C=O) groups excluding carboxylic acids is 1. The number of aromatic nitrogens is 4. The largest absolute Gasteiger partial charge is 0.494 e. The van der Waals surface area contributed by atoms with Crippen molar-refractivity contribution >= 4 is 40.3 Å². The van der Waals surface area contributed by atoms with E-state index in [0.717, 1.165) is 36.4 Å². The van der Waals surface area contributed by atoms with Gasteiger partial charge in [-0.25, -0.2) is 5.10 Å². The van der Waals surface area contributed by atoms with Crippen molar-refractivity contribution < 1.29 is 9.53 Å². The highest BCUT2D eigenvalue weighted by atomic mass is 32.2. The van der Waals surface area contributed by atoms with Gasteiger partial charge in [0.1, 0.15) is 15.9 Å². The molecule has 0 spiro atoms. The molecule has 3 rings (SSSR count). The number of nitrogens with zero attached hydrogens (tertiary/aromatic N) is 3. The van der Waals surface area contributed by atoms with Crippen molar-refractivity contribution in [3.63, 3.8) is 0 Å². The van der Waals surface area contributed by atoms with Gasteiger partial charge in [-0.1, -0.05) is 36.1 Å². The standard InChI is InChI=1S/C15H15N5O2S2/c21-14-12(24-15(23)16-14)9-10-4-6-11(7-5-10)22-8-2-1-3-13-17-19-20-18-13/h4-7,9H,1-3,8H2,(H,16,21,23)(H,17,18,19,20)/b12-9+. The van der Waals surface area contributed by atoms with Gasteiger partial charge in [0, 0.05) is 6.42 Å². The molecule has 2 N–H and O–H groups in total. The van der Waals surface area contributed by atoms with Crippen LogP contribution in [0.25, 0.3) is 6.08 Å². The fourth-order valence-corrected chi connectivity index (χ4v) is 3.15. The molecule has 0 unspecified atom stereocenters. The van der Waals surface area contributed by atoms with Gasteiger partial charge in [0.05, 0.1) is 11.5 Å². The van der Waals surface area contributed by atoms with Gasteiger partial charge in [0.2, 0.25) is 0 Å². The monoisotopic (exact) mass is 361 g/mol. The Hall–Kier alpha value is -2.26. The van der Waals surface area contributed by atoms with Gasteiger partial charge < -0.3 is 10.1 Å². The number of tetrazole rings is 1. The van der Waals surface area contributed by atoms with Crippen LogP contribution in [0.15, 0.2) is 29.2 Å². The summed E-state index contributed by atoms with van der Waals surface area (Å²) in [5, 5.41) is 16.2. The van der Waals surface area contributed by atoms with Crippen LogP contribution in [0.3, 0.4) is 0 Å². The number of rotatable bonds is 7. The number of aromatic amines is 1. The van der Waals surface area contributed by atoms with Gasteiger partial charge >= 0.3 is 0 Å². The third-order valence-electron chi connectivity index (χ3n) is 3.29. The van der Waals surface area contributed by atoms with E-state index in [0.29, 0.717) is 15.8 Å². The summed E-state index contributed by atoms with van der Waals surface area (Å²) in [5.41, 5.74) is 0.933. The smallest absolute Gasteiger partial charge is 0.263 e. The lowest BCUT2D eigenvalue weighted by Crippen LogP contribution is -2.17. The van der Waals surface area contributed by atoms with Crippen LogP contribution < -0.4 is 10.1 Å². The number of hydrogen-bond acceptors (Lipinski definition) is 7. The van der Waals surface area contributed by atoms with Crippen molar-refractivity contribution in [2.24, 2.45) is 0 Å². The second-order valence-corrected chi connectivity index (χ2v) is 6.79. The first-order valence-electron chi connectivity index (χ1n) is 7.41. The Labute approximate surface area is 148 Å². The lowest BCUT2D eigenvalue weighted by Gasteiger charge is -2.06. The van der Waals surface area contributed by atoms with Crippen LogP contribution in [0.5, 0.6) is 5.75 Å². The molecule has 0 radical (unpaired) electrons. The molecule has 0 atom stereocenters. The maximum Gasteiger partial charge on any atom is 0.263 e. The molecule has 1 aromatic carbocycles. The number of unbranched alkanes of at least 4 members (excludes halogenated alkanes) is 1. The van der Waals surface area contributed by atoms with Crippen molar-refractivity contribution in [1.29, 1.82) is 0 Å². The van der Waals surface area contributed by atoms with Crippen LogP contribution >= 0.6 is 24.0 Å². The summed E-state index contributed by atoms with van der Waals surface area (Å²) >= 11 is 6.24. The Morgan fingerprint density at radius 2 is 2.08 bits per heavy atom. The number of H-pyrrole nitrogens is 1. The molecule has 1 amide bonds. The van der Waals surface area contributed by atoms with Crippen molar-refractivity contribution in [1.82, 2.24) is 25.9 Å². The highest BCUT2D eigenvalue weighted by molar-refractivity contribution is 8.26. The molecule has 1 aliphatic heterocycles. The number of thioether (sulfide) groups is 1. The second-order valence-electron chi connectivity index (χ2n) is 5.07. The summed E-state index contributed by atoms with van der Waals surface area (Å²) in [6, 6.07) is 7.61. The summed E-state index contributed by atoms with van der Waals surface area (Å²) in [6.45, 7) is 0.633. The average molecular weight is 361 g/mol. The molecule has 1 saturated heterocycles. The van der Waals surface area contributed by atoms with E-state index in [-0.39, 0.29) is 5.91 Å². The van der Waals surface area contributed by atoms with Crippen LogP contribution in [-0.4, -0.2) is 37.5 Å². The summed E-state index contributed by atoms with van der Waals surface area (Å²) in [7, 11) is 0. The number of aryl methyl sites for hydroxylation is 1. The summed E-state index contributed by atoms with van der Waals surface area (Å²) < 4.78 is 6.19. The number of amides is 1. The van der Waals surface area contributed by atoms with Crippen molar-refractivity contribution in [3.05, 3.63) is 40.6 Å². The minimum atomic E-state index is -0.146. The third-order valence-corrected chi connectivity index (χ3v) is 4.45. The minimum absolute atomic E-state index is 0.146. The highest BCUT2D eigenvalue weighted by Crippen LogP contribution is 2.26. The van der Waals surface area contributed by atoms with Gasteiger partial charge in [-0.05, 0) is 47.0 Å². The van der Waals surface area contributed by atoms with E-state index in [1.807, 2.05) is 30.3 Å². The van der Waals surface area contributed by atoms with Crippen LogP contribution in [0.4, 0.5) is 0 Å². The summed E-state index contributed by atoms with van der Waals surface area (Å²) in [5.74, 6) is 1.45. The van der Waals surface area contributed by atoms with E-state index < -0.39 is 0 Å². The molecule has 2 heterocycles. The van der Waals surface area contributed by atoms with Gasteiger partial charge in [0.15, 0.2) is 0 Å². The van der Waals surface area contributed by atoms with Gasteiger partial charge in [-0.15, -0.1) is 5.10 Å². The molecule has 0 bridgehead atoms. The van der Waals surface area contributed by atoms with E-state index in [2.05, 4.69) is 25.9 Å². The van der Waals surface area contributed by atoms with Crippen molar-refractivity contribution in [2.75, 3.05) is 6.61 Å². The molecular weight excluding hydrogens is 346 g/mol. The molecule has 24 heavy (non-hydrogen) atoms. The Morgan fingerprint density at radius 3 is 2.75 bits per heavy atom. The number of nitrogens with one attached hydrogen (secondary N) is 2. The molecule has 1 fully saturated rings. The zero-order valence-electron chi connectivity index (χ0n) is 12.7. The minimum Gasteiger partial charge on any atom is -0.494 e. The number of ether oxygens (including phenoxy) is 1. The maximum atomic E-state index is 11.6. The van der Waals surface area contributed by atoms with Crippen molar-refractivity contribution in [3.8, 4) is 5.75 Å². The van der Waals surface area contributed by atoms with E-state index in [9.17, 15) is 4.79 Å². The van der Waals surface area contributed by atoms with E-state index >= 15 is 0 Å². The lowest BCUT2D eigenvalue weighted by molar-refractivity contribution is -0.115. The lowest BCUT2D eigenvalue weighted by atomic mass is 10.2. The normalized spacial score (nSPS) is 15.8. The number of carbonyl (C=O) groups is 1. The first-order valence-corrected chi connectivity index (χ1v) is 8.63. The number of benzene rings is 1. The van der Waals surface area contributed by atoms with E-state index in [1.165, 1.54) is 11.8 Å². The Balaban J connectivity index is 1.44. The van der Waals surface area contributed by atoms with Crippen LogP contribution in [0.2, 0.25) is 0 Å². The summed E-state index contributed by atoms with van der Waals surface area (Å²) in [4.78, 5) is 12.2. The Kier molecular flexibility index (Phi) is 5.55. The Morgan fingerprint density at radius 1 is 1.25 bits per heavy atom. The number of thiocarbonyl (C=S) groups is 1. The molecule has 7 nitrogen and oxygen atoms in total. The third kappa shape index (κ3) is 4.62.